The Kier molecular flexibility index (Phi) is 2.71. The number of nitrogens with one attached hydrogen (secondary N) is 3. The van der Waals surface area contributed by atoms with Crippen LogP contribution in [0.5, 0.6) is 0 Å². The maximum Gasteiger partial charge on any atom is 0.270 e. The lowest BCUT2D eigenvalue weighted by Crippen LogP contribution is -2.62. The Morgan fingerprint density at radius 2 is 2.21 bits per heavy atom. The summed E-state index contributed by atoms with van der Waals surface area (Å²) in [5.41, 5.74) is 1.79. The van der Waals surface area contributed by atoms with Crippen LogP contribution in [0.25, 0.3) is 0 Å². The van der Waals surface area contributed by atoms with E-state index >= 15 is 0 Å². The van der Waals surface area contributed by atoms with Crippen molar-refractivity contribution in [2.45, 2.75) is 51.6 Å². The van der Waals surface area contributed by atoms with Crippen LogP contribution in [0.1, 0.15) is 49.7 Å². The molecule has 104 valence electrons. The molecule has 3 rings (SSSR count). The molecular formula is C14H22N4O. The minimum Gasteiger partial charge on any atom is -0.345 e. The number of carbonyl (C=O) groups excluding carboxylic acids is 1. The zero-order valence-corrected chi connectivity index (χ0v) is 11.8. The summed E-state index contributed by atoms with van der Waals surface area (Å²) in [5.74, 6) is -0.00620. The molecule has 1 amide bonds. The number of aromatic nitrogens is 2. The van der Waals surface area contributed by atoms with Crippen LogP contribution in [-0.2, 0) is 6.42 Å². The highest BCUT2D eigenvalue weighted by atomic mass is 16.2. The molecule has 1 saturated heterocycles. The van der Waals surface area contributed by atoms with Crippen molar-refractivity contribution < 1.29 is 4.79 Å². The van der Waals surface area contributed by atoms with Crippen molar-refractivity contribution in [3.63, 3.8) is 0 Å². The fraction of sp³-hybridized carbons (Fsp3) is 0.714. The van der Waals surface area contributed by atoms with Gasteiger partial charge in [-0.3, -0.25) is 9.89 Å². The van der Waals surface area contributed by atoms with Gasteiger partial charge in [-0.05, 0) is 31.2 Å². The van der Waals surface area contributed by atoms with Gasteiger partial charge in [0.15, 0.2) is 0 Å². The number of piperidine rings is 1. The van der Waals surface area contributed by atoms with E-state index in [9.17, 15) is 4.79 Å². The van der Waals surface area contributed by atoms with Gasteiger partial charge in [0.25, 0.3) is 5.91 Å². The highest BCUT2D eigenvalue weighted by molar-refractivity contribution is 5.95. The number of rotatable bonds is 0. The maximum atomic E-state index is 12.2. The molecule has 2 unspecified atom stereocenters. The second kappa shape index (κ2) is 4.07. The molecule has 1 spiro atoms. The van der Waals surface area contributed by atoms with Crippen LogP contribution in [0.15, 0.2) is 6.20 Å². The lowest BCUT2D eigenvalue weighted by atomic mass is 9.71. The van der Waals surface area contributed by atoms with E-state index < -0.39 is 0 Å². The van der Waals surface area contributed by atoms with Gasteiger partial charge in [0.2, 0.25) is 0 Å². The fourth-order valence-electron chi connectivity index (χ4n) is 3.29. The standard InChI is InChI=1S/C14H22N4O/c1-13(2,3)10-7-14(4-5-15-10)6-9-8-16-18-11(9)12(19)17-14/h8,10,15H,4-7H2,1-3H3,(H,16,18)(H,17,19). The third-order valence-electron chi connectivity index (χ3n) is 4.49. The average molecular weight is 262 g/mol. The molecule has 3 N–H and O–H groups in total. The van der Waals surface area contributed by atoms with Gasteiger partial charge in [0, 0.05) is 17.1 Å². The number of amides is 1. The normalized spacial score (nSPS) is 31.1. The first-order valence-corrected chi connectivity index (χ1v) is 6.98. The first-order valence-electron chi connectivity index (χ1n) is 6.98. The molecule has 3 heterocycles. The number of nitrogens with zero attached hydrogens (tertiary/aromatic N) is 1. The van der Waals surface area contributed by atoms with Crippen LogP contribution < -0.4 is 10.6 Å². The van der Waals surface area contributed by atoms with Crippen LogP contribution in [0.4, 0.5) is 0 Å². The first-order chi connectivity index (χ1) is 8.90. The number of hydrogen-bond acceptors (Lipinski definition) is 3. The van der Waals surface area contributed by atoms with Gasteiger partial charge in [-0.25, -0.2) is 0 Å². The van der Waals surface area contributed by atoms with Crippen LogP contribution in [0, 0.1) is 5.41 Å². The fourth-order valence-corrected chi connectivity index (χ4v) is 3.29. The molecule has 2 aliphatic rings. The number of aromatic amines is 1. The van der Waals surface area contributed by atoms with Gasteiger partial charge < -0.3 is 10.6 Å². The lowest BCUT2D eigenvalue weighted by molar-refractivity contribution is 0.0773. The molecular weight excluding hydrogens is 240 g/mol. The Morgan fingerprint density at radius 1 is 1.42 bits per heavy atom. The number of fused-ring (bicyclic) bond motifs is 1. The molecule has 2 atom stereocenters. The van der Waals surface area contributed by atoms with Crippen molar-refractivity contribution in [3.05, 3.63) is 17.5 Å². The monoisotopic (exact) mass is 262 g/mol. The molecule has 0 bridgehead atoms. The highest BCUT2D eigenvalue weighted by Crippen LogP contribution is 2.35. The Hall–Kier alpha value is -1.36. The maximum absolute atomic E-state index is 12.2. The van der Waals surface area contributed by atoms with E-state index in [2.05, 4.69) is 41.6 Å². The molecule has 5 heteroatoms. The molecule has 19 heavy (non-hydrogen) atoms. The summed E-state index contributed by atoms with van der Waals surface area (Å²) in [6, 6.07) is 0.426. The lowest BCUT2D eigenvalue weighted by Gasteiger charge is -2.47. The molecule has 0 aliphatic carbocycles. The molecule has 1 aromatic heterocycles. The number of hydrogen-bond donors (Lipinski definition) is 3. The highest BCUT2D eigenvalue weighted by Gasteiger charge is 2.44. The van der Waals surface area contributed by atoms with Gasteiger partial charge in [-0.15, -0.1) is 0 Å². The molecule has 0 radical (unpaired) electrons. The quantitative estimate of drug-likeness (QED) is 0.658. The van der Waals surface area contributed by atoms with Crippen molar-refractivity contribution in [3.8, 4) is 0 Å². The Labute approximate surface area is 113 Å². The van der Waals surface area contributed by atoms with E-state index in [1.54, 1.807) is 6.20 Å². The van der Waals surface area contributed by atoms with E-state index in [0.717, 1.165) is 31.4 Å². The number of carbonyl (C=O) groups is 1. The summed E-state index contributed by atoms with van der Waals surface area (Å²) in [4.78, 5) is 12.2. The average Bonchev–Trinajstić information content (AvgIpc) is 2.76. The molecule has 2 aliphatic heterocycles. The summed E-state index contributed by atoms with van der Waals surface area (Å²) in [7, 11) is 0. The van der Waals surface area contributed by atoms with Crippen molar-refractivity contribution >= 4 is 5.91 Å². The summed E-state index contributed by atoms with van der Waals surface area (Å²) >= 11 is 0. The summed E-state index contributed by atoms with van der Waals surface area (Å²) in [6.07, 6.45) is 4.64. The minimum atomic E-state index is -0.100. The topological polar surface area (TPSA) is 69.8 Å². The minimum absolute atomic E-state index is 0.00620. The van der Waals surface area contributed by atoms with Gasteiger partial charge in [0.1, 0.15) is 5.69 Å². The van der Waals surface area contributed by atoms with Crippen molar-refractivity contribution in [1.29, 1.82) is 0 Å². The van der Waals surface area contributed by atoms with Crippen LogP contribution in [-0.4, -0.2) is 34.2 Å². The van der Waals surface area contributed by atoms with Crippen molar-refractivity contribution in [2.24, 2.45) is 5.41 Å². The summed E-state index contributed by atoms with van der Waals surface area (Å²) in [5, 5.41) is 13.6. The van der Waals surface area contributed by atoms with Gasteiger partial charge >= 0.3 is 0 Å². The predicted octanol–water partition coefficient (Wildman–Crippen LogP) is 1.23. The molecule has 0 aromatic carbocycles. The SMILES string of the molecule is CC(C)(C)C1CC2(CCN1)Cc1cn[nH]c1C(=O)N2. The van der Waals surface area contributed by atoms with Crippen molar-refractivity contribution in [1.82, 2.24) is 20.8 Å². The van der Waals surface area contributed by atoms with E-state index in [4.69, 9.17) is 0 Å². The van der Waals surface area contributed by atoms with E-state index in [0.29, 0.717) is 11.7 Å². The van der Waals surface area contributed by atoms with E-state index in [1.165, 1.54) is 0 Å². The smallest absolute Gasteiger partial charge is 0.270 e. The third kappa shape index (κ3) is 2.16. The van der Waals surface area contributed by atoms with Crippen LogP contribution >= 0.6 is 0 Å². The zero-order valence-electron chi connectivity index (χ0n) is 11.8. The molecule has 0 saturated carbocycles. The zero-order chi connectivity index (χ0) is 13.7. The third-order valence-corrected chi connectivity index (χ3v) is 4.49. The van der Waals surface area contributed by atoms with Gasteiger partial charge in [-0.1, -0.05) is 20.8 Å². The number of H-pyrrole nitrogens is 1. The Morgan fingerprint density at radius 3 is 2.95 bits per heavy atom. The van der Waals surface area contributed by atoms with E-state index in [1.807, 2.05) is 0 Å². The van der Waals surface area contributed by atoms with Gasteiger partial charge in [-0.2, -0.15) is 5.10 Å². The van der Waals surface area contributed by atoms with E-state index in [-0.39, 0.29) is 16.9 Å². The second-order valence-electron chi connectivity index (χ2n) is 7.01. The molecule has 1 fully saturated rings. The largest absolute Gasteiger partial charge is 0.345 e. The summed E-state index contributed by atoms with van der Waals surface area (Å²) in [6.45, 7) is 7.70. The first kappa shape index (κ1) is 12.7. The summed E-state index contributed by atoms with van der Waals surface area (Å²) < 4.78 is 0. The second-order valence-corrected chi connectivity index (χ2v) is 7.01. The Bertz CT molecular complexity index is 502. The predicted molar refractivity (Wildman–Crippen MR) is 73.0 cm³/mol. The molecule has 1 aromatic rings. The van der Waals surface area contributed by atoms with Crippen LogP contribution in [0.2, 0.25) is 0 Å². The Balaban J connectivity index is 1.87. The van der Waals surface area contributed by atoms with Crippen LogP contribution in [0.3, 0.4) is 0 Å². The molecule has 5 nitrogen and oxygen atoms in total. The van der Waals surface area contributed by atoms with Gasteiger partial charge in [0.05, 0.1) is 6.20 Å². The van der Waals surface area contributed by atoms with Crippen molar-refractivity contribution in [2.75, 3.05) is 6.54 Å².